The molecule has 2 aromatic rings. The number of halogens is 1. The lowest BCUT2D eigenvalue weighted by molar-refractivity contribution is 0.0690. The molecule has 82 valence electrons. The molecule has 0 atom stereocenters. The number of aromatic nitrogens is 2. The molecule has 0 aliphatic carbocycles. The summed E-state index contributed by atoms with van der Waals surface area (Å²) >= 11 is 3.34. The third-order valence-corrected chi connectivity index (χ3v) is 2.73. The van der Waals surface area contributed by atoms with E-state index in [1.165, 1.54) is 0 Å². The third-order valence-electron chi connectivity index (χ3n) is 2.20. The van der Waals surface area contributed by atoms with E-state index in [-0.39, 0.29) is 5.69 Å². The van der Waals surface area contributed by atoms with Crippen molar-refractivity contribution >= 4 is 21.9 Å². The van der Waals surface area contributed by atoms with Gasteiger partial charge in [0.1, 0.15) is 5.82 Å². The lowest BCUT2D eigenvalue weighted by Gasteiger charge is -1.95. The van der Waals surface area contributed by atoms with Crippen molar-refractivity contribution < 1.29 is 9.90 Å². The number of carboxylic acid groups (broad SMARTS) is 1. The van der Waals surface area contributed by atoms with Crippen molar-refractivity contribution in [1.82, 2.24) is 9.97 Å². The Labute approximate surface area is 100 Å². The Hall–Kier alpha value is -1.62. The minimum atomic E-state index is -1.02. The Balaban J connectivity index is 2.45. The van der Waals surface area contributed by atoms with Gasteiger partial charge in [0, 0.05) is 15.7 Å². The minimum Gasteiger partial charge on any atom is -0.476 e. The highest BCUT2D eigenvalue weighted by Gasteiger charge is 2.13. The third kappa shape index (κ3) is 1.99. The lowest BCUT2D eigenvalue weighted by atomic mass is 10.2. The van der Waals surface area contributed by atoms with Gasteiger partial charge in [0.05, 0.1) is 0 Å². The summed E-state index contributed by atoms with van der Waals surface area (Å²) < 4.78 is 0.970. The Morgan fingerprint density at radius 3 is 2.50 bits per heavy atom. The highest BCUT2D eigenvalue weighted by molar-refractivity contribution is 9.10. The smallest absolute Gasteiger partial charge is 0.356 e. The molecule has 0 bridgehead atoms. The van der Waals surface area contributed by atoms with E-state index in [9.17, 15) is 4.79 Å². The zero-order valence-electron chi connectivity index (χ0n) is 8.49. The van der Waals surface area contributed by atoms with Crippen LogP contribution in [0.3, 0.4) is 0 Å². The summed E-state index contributed by atoms with van der Waals surface area (Å²) in [7, 11) is 0. The van der Waals surface area contributed by atoms with Gasteiger partial charge < -0.3 is 10.1 Å². The maximum atomic E-state index is 10.8. The van der Waals surface area contributed by atoms with Gasteiger partial charge in [0.15, 0.2) is 5.69 Å². The quantitative estimate of drug-likeness (QED) is 0.889. The number of aryl methyl sites for hydroxylation is 1. The fourth-order valence-corrected chi connectivity index (χ4v) is 1.68. The molecular weight excluding hydrogens is 272 g/mol. The largest absolute Gasteiger partial charge is 0.476 e. The average Bonchev–Trinajstić information content (AvgIpc) is 2.61. The molecule has 1 heterocycles. The highest BCUT2D eigenvalue weighted by Crippen LogP contribution is 2.20. The van der Waals surface area contributed by atoms with Crippen LogP contribution in [0.4, 0.5) is 0 Å². The fourth-order valence-electron chi connectivity index (χ4n) is 1.41. The average molecular weight is 281 g/mol. The van der Waals surface area contributed by atoms with Gasteiger partial charge in [-0.1, -0.05) is 28.1 Å². The van der Waals surface area contributed by atoms with E-state index >= 15 is 0 Å². The van der Waals surface area contributed by atoms with Gasteiger partial charge in [-0.3, -0.25) is 0 Å². The molecule has 0 spiro atoms. The minimum absolute atomic E-state index is 0.0675. The van der Waals surface area contributed by atoms with Crippen LogP contribution in [0.1, 0.15) is 16.2 Å². The first-order valence-electron chi connectivity index (χ1n) is 4.64. The summed E-state index contributed by atoms with van der Waals surface area (Å²) in [5.74, 6) is -0.445. The van der Waals surface area contributed by atoms with Gasteiger partial charge in [0.25, 0.3) is 0 Å². The van der Waals surface area contributed by atoms with Gasteiger partial charge in [-0.2, -0.15) is 0 Å². The van der Waals surface area contributed by atoms with Crippen LogP contribution in [0.15, 0.2) is 28.7 Å². The van der Waals surface area contributed by atoms with Crippen molar-refractivity contribution in [3.63, 3.8) is 0 Å². The van der Waals surface area contributed by atoms with E-state index in [1.807, 2.05) is 24.3 Å². The molecule has 0 unspecified atom stereocenters. The topological polar surface area (TPSA) is 66.0 Å². The molecule has 1 aromatic carbocycles. The van der Waals surface area contributed by atoms with Crippen molar-refractivity contribution in [1.29, 1.82) is 0 Å². The summed E-state index contributed by atoms with van der Waals surface area (Å²) in [6.07, 6.45) is 0. The number of benzene rings is 1. The number of carboxylic acids is 1. The van der Waals surface area contributed by atoms with Gasteiger partial charge in [-0.05, 0) is 19.1 Å². The second-order valence-electron chi connectivity index (χ2n) is 3.37. The van der Waals surface area contributed by atoms with Gasteiger partial charge in [-0.25, -0.2) is 9.78 Å². The Morgan fingerprint density at radius 2 is 2.00 bits per heavy atom. The van der Waals surface area contributed by atoms with E-state index < -0.39 is 5.97 Å². The number of carbonyl (C=O) groups is 1. The number of hydrogen-bond acceptors (Lipinski definition) is 2. The number of imidazole rings is 1. The van der Waals surface area contributed by atoms with Crippen molar-refractivity contribution in [3.05, 3.63) is 40.1 Å². The molecule has 0 aliphatic rings. The lowest BCUT2D eigenvalue weighted by Crippen LogP contribution is -1.98. The van der Waals surface area contributed by atoms with E-state index in [1.54, 1.807) is 6.92 Å². The molecule has 2 N–H and O–H groups in total. The molecule has 0 saturated carbocycles. The molecule has 1 aromatic heterocycles. The second-order valence-corrected chi connectivity index (χ2v) is 4.29. The Bertz CT molecular complexity index is 531. The summed E-state index contributed by atoms with van der Waals surface area (Å²) in [6.45, 7) is 1.69. The number of nitrogens with zero attached hydrogens (tertiary/aromatic N) is 1. The molecule has 0 aliphatic heterocycles. The van der Waals surface area contributed by atoms with Crippen molar-refractivity contribution in [2.24, 2.45) is 0 Å². The molecule has 0 saturated heterocycles. The monoisotopic (exact) mass is 280 g/mol. The normalized spacial score (nSPS) is 10.4. The summed E-state index contributed by atoms with van der Waals surface area (Å²) in [6, 6.07) is 7.50. The van der Waals surface area contributed by atoms with Crippen LogP contribution in [0.25, 0.3) is 11.4 Å². The van der Waals surface area contributed by atoms with Crippen LogP contribution in [0.5, 0.6) is 0 Å². The van der Waals surface area contributed by atoms with Gasteiger partial charge in [-0.15, -0.1) is 0 Å². The van der Waals surface area contributed by atoms with Crippen molar-refractivity contribution in [2.45, 2.75) is 6.92 Å². The molecule has 0 amide bonds. The predicted molar refractivity (Wildman–Crippen MR) is 63.4 cm³/mol. The van der Waals surface area contributed by atoms with E-state index in [2.05, 4.69) is 25.9 Å². The zero-order valence-corrected chi connectivity index (χ0v) is 10.1. The summed E-state index contributed by atoms with van der Waals surface area (Å²) in [5.41, 5.74) is 1.49. The first kappa shape index (κ1) is 10.9. The Kier molecular flexibility index (Phi) is 2.78. The number of rotatable bonds is 2. The molecule has 0 radical (unpaired) electrons. The number of aromatic amines is 1. The second kappa shape index (κ2) is 4.09. The van der Waals surface area contributed by atoms with Crippen LogP contribution in [0.2, 0.25) is 0 Å². The molecule has 0 fully saturated rings. The molecular formula is C11H9BrN2O2. The standard InChI is InChI=1S/C11H9BrN2O2/c1-6-9(11(15)16)14-10(13-6)7-2-4-8(12)5-3-7/h2-5H,1H3,(H,13,14)(H,15,16). The maximum Gasteiger partial charge on any atom is 0.356 e. The van der Waals surface area contributed by atoms with E-state index in [0.29, 0.717) is 11.5 Å². The number of nitrogens with one attached hydrogen (secondary N) is 1. The predicted octanol–water partition coefficient (Wildman–Crippen LogP) is 2.85. The zero-order chi connectivity index (χ0) is 11.7. The molecule has 2 rings (SSSR count). The first-order valence-corrected chi connectivity index (χ1v) is 5.43. The Morgan fingerprint density at radius 1 is 1.38 bits per heavy atom. The van der Waals surface area contributed by atoms with Crippen LogP contribution in [-0.4, -0.2) is 21.0 Å². The van der Waals surface area contributed by atoms with Crippen molar-refractivity contribution in [3.8, 4) is 11.4 Å². The van der Waals surface area contributed by atoms with Gasteiger partial charge >= 0.3 is 5.97 Å². The molecule has 5 heteroatoms. The van der Waals surface area contributed by atoms with Crippen LogP contribution in [0, 0.1) is 6.92 Å². The van der Waals surface area contributed by atoms with Crippen LogP contribution in [-0.2, 0) is 0 Å². The van der Waals surface area contributed by atoms with E-state index in [4.69, 9.17) is 5.11 Å². The van der Waals surface area contributed by atoms with E-state index in [0.717, 1.165) is 10.0 Å². The number of aromatic carboxylic acids is 1. The summed E-state index contributed by atoms with van der Waals surface area (Å²) in [5, 5.41) is 8.88. The first-order chi connectivity index (χ1) is 7.58. The highest BCUT2D eigenvalue weighted by atomic mass is 79.9. The number of H-pyrrole nitrogens is 1. The fraction of sp³-hybridized carbons (Fsp3) is 0.0909. The van der Waals surface area contributed by atoms with Crippen LogP contribution >= 0.6 is 15.9 Å². The maximum absolute atomic E-state index is 10.8. The van der Waals surface area contributed by atoms with Crippen LogP contribution < -0.4 is 0 Å². The number of hydrogen-bond donors (Lipinski definition) is 2. The molecule has 4 nitrogen and oxygen atoms in total. The van der Waals surface area contributed by atoms with Gasteiger partial charge in [0.2, 0.25) is 0 Å². The SMILES string of the molecule is Cc1[nH]c(-c2ccc(Br)cc2)nc1C(=O)O. The van der Waals surface area contributed by atoms with Crippen molar-refractivity contribution in [2.75, 3.05) is 0 Å². The molecule has 16 heavy (non-hydrogen) atoms. The summed E-state index contributed by atoms with van der Waals surface area (Å²) in [4.78, 5) is 17.8.